The smallest absolute Gasteiger partial charge is 0.214 e. The van der Waals surface area contributed by atoms with Gasteiger partial charge in [-0.1, -0.05) is 26.3 Å². The zero-order valence-electron chi connectivity index (χ0n) is 10.2. The molecule has 0 saturated heterocycles. The average Bonchev–Trinajstić information content (AvgIpc) is 2.22. The minimum Gasteiger partial charge on any atom is -0.382 e. The van der Waals surface area contributed by atoms with E-state index in [9.17, 15) is 0 Å². The van der Waals surface area contributed by atoms with Crippen LogP contribution in [0.4, 0.5) is 0 Å². The summed E-state index contributed by atoms with van der Waals surface area (Å²) in [5.74, 6) is 0.387. The maximum atomic E-state index is 7.03. The van der Waals surface area contributed by atoms with Gasteiger partial charge in [0.15, 0.2) is 5.84 Å². The maximum absolute atomic E-state index is 7.03. The van der Waals surface area contributed by atoms with Crippen LogP contribution >= 0.6 is 0 Å². The summed E-state index contributed by atoms with van der Waals surface area (Å²) in [5, 5.41) is 7.03. The fourth-order valence-electron chi connectivity index (χ4n) is 0.947. The lowest BCUT2D eigenvalue weighted by atomic mass is 10.1. The topological polar surface area (TPSA) is 101 Å². The molecule has 0 bridgehead atoms. The molecule has 1 atom stereocenters. The normalized spacial score (nSPS) is 15.4. The van der Waals surface area contributed by atoms with Gasteiger partial charge in [0.05, 0.1) is 5.71 Å². The van der Waals surface area contributed by atoms with Gasteiger partial charge in [0.2, 0.25) is 5.96 Å². The van der Waals surface area contributed by atoms with E-state index in [1.54, 1.807) is 6.08 Å². The van der Waals surface area contributed by atoms with Crippen LogP contribution in [0.5, 0.6) is 0 Å². The molecular formula is C11H21N5. The van der Waals surface area contributed by atoms with Crippen molar-refractivity contribution in [2.24, 2.45) is 27.4 Å². The summed E-state index contributed by atoms with van der Waals surface area (Å²) in [5.41, 5.74) is 11.4. The van der Waals surface area contributed by atoms with Gasteiger partial charge >= 0.3 is 0 Å². The molecule has 5 nitrogen and oxygen atoms in total. The molecule has 5 N–H and O–H groups in total. The van der Waals surface area contributed by atoms with E-state index in [0.29, 0.717) is 18.2 Å². The van der Waals surface area contributed by atoms with Crippen molar-refractivity contribution in [3.8, 4) is 0 Å². The number of rotatable bonds is 5. The van der Waals surface area contributed by atoms with Gasteiger partial charge in [0.1, 0.15) is 0 Å². The first-order chi connectivity index (χ1) is 7.51. The van der Waals surface area contributed by atoms with Gasteiger partial charge in [0.25, 0.3) is 0 Å². The molecule has 0 aromatic carbocycles. The Hall–Kier alpha value is -1.65. The van der Waals surface area contributed by atoms with E-state index in [-0.39, 0.29) is 11.8 Å². The third kappa shape index (κ3) is 5.95. The van der Waals surface area contributed by atoms with E-state index in [1.165, 1.54) is 0 Å². The van der Waals surface area contributed by atoms with Crippen LogP contribution in [0.3, 0.4) is 0 Å². The molecule has 0 fully saturated rings. The number of nitrogens with two attached hydrogens (primary N) is 2. The van der Waals surface area contributed by atoms with E-state index in [0.717, 1.165) is 6.42 Å². The molecule has 0 spiro atoms. The van der Waals surface area contributed by atoms with Crippen molar-refractivity contribution < 1.29 is 0 Å². The summed E-state index contributed by atoms with van der Waals surface area (Å²) >= 11 is 0. The predicted molar refractivity (Wildman–Crippen MR) is 70.1 cm³/mol. The third-order valence-corrected chi connectivity index (χ3v) is 2.10. The molecule has 16 heavy (non-hydrogen) atoms. The number of amidine groups is 1. The van der Waals surface area contributed by atoms with Gasteiger partial charge < -0.3 is 11.5 Å². The minimum atomic E-state index is -0.307. The molecular weight excluding hydrogens is 202 g/mol. The molecule has 0 aromatic rings. The highest BCUT2D eigenvalue weighted by molar-refractivity contribution is 6.46. The zero-order chi connectivity index (χ0) is 12.6. The van der Waals surface area contributed by atoms with E-state index in [2.05, 4.69) is 23.8 Å². The van der Waals surface area contributed by atoms with Gasteiger partial charge in [-0.2, -0.15) is 4.99 Å². The van der Waals surface area contributed by atoms with Crippen molar-refractivity contribution in [2.75, 3.05) is 6.54 Å². The lowest BCUT2D eigenvalue weighted by molar-refractivity contribution is 0.577. The third-order valence-electron chi connectivity index (χ3n) is 2.10. The number of nitrogens with zero attached hydrogens (tertiary/aromatic N) is 2. The summed E-state index contributed by atoms with van der Waals surface area (Å²) in [6, 6.07) is 0. The maximum Gasteiger partial charge on any atom is 0.214 e. The first kappa shape index (κ1) is 14.3. The Kier molecular flexibility index (Phi) is 6.83. The Labute approximate surface area is 96.9 Å². The van der Waals surface area contributed by atoms with Gasteiger partial charge in [-0.25, -0.2) is 0 Å². The number of aliphatic imine (C=N–C) groups is 2. The fourth-order valence-corrected chi connectivity index (χ4v) is 0.947. The van der Waals surface area contributed by atoms with Crippen LogP contribution in [0.2, 0.25) is 0 Å². The molecule has 0 rings (SSSR count). The molecule has 90 valence electrons. The lowest BCUT2D eigenvalue weighted by Crippen LogP contribution is -2.26. The number of nitrogens with one attached hydrogen (secondary N) is 1. The molecule has 0 saturated carbocycles. The highest BCUT2D eigenvalue weighted by Gasteiger charge is 2.03. The average molecular weight is 223 g/mol. The van der Waals surface area contributed by atoms with Crippen LogP contribution in [-0.2, 0) is 0 Å². The number of guanidine groups is 1. The molecule has 0 radical (unpaired) electrons. The SMILES string of the molecule is C/C=C\C(=NCC(C)CC)C(N)=NC(=N)N. The van der Waals surface area contributed by atoms with E-state index in [1.807, 2.05) is 13.0 Å². The molecule has 0 amide bonds. The first-order valence-electron chi connectivity index (χ1n) is 5.36. The molecule has 0 aliphatic carbocycles. The van der Waals surface area contributed by atoms with Gasteiger partial charge in [-0.3, -0.25) is 10.4 Å². The van der Waals surface area contributed by atoms with Crippen LogP contribution in [0.15, 0.2) is 22.1 Å². The quantitative estimate of drug-likeness (QED) is 0.483. The molecule has 1 unspecified atom stereocenters. The highest BCUT2D eigenvalue weighted by atomic mass is 15.0. The Morgan fingerprint density at radius 2 is 2.06 bits per heavy atom. The Morgan fingerprint density at radius 3 is 2.50 bits per heavy atom. The molecule has 0 aromatic heterocycles. The standard InChI is InChI=1S/C11H21N5/c1-4-6-9(10(12)16-11(13)14)15-7-8(3)5-2/h4,6,8H,5,7H2,1-3H3,(H5,12,13,14,16)/b6-4-,15-9?. The van der Waals surface area contributed by atoms with Gasteiger partial charge in [0, 0.05) is 6.54 Å². The van der Waals surface area contributed by atoms with E-state index >= 15 is 0 Å². The van der Waals surface area contributed by atoms with E-state index < -0.39 is 0 Å². The molecule has 0 heterocycles. The summed E-state index contributed by atoms with van der Waals surface area (Å²) in [6.45, 7) is 6.81. The van der Waals surface area contributed by atoms with Gasteiger partial charge in [-0.15, -0.1) is 0 Å². The molecule has 0 aliphatic heterocycles. The largest absolute Gasteiger partial charge is 0.382 e. The van der Waals surface area contributed by atoms with Crippen LogP contribution in [0.1, 0.15) is 27.2 Å². The fraction of sp³-hybridized carbons (Fsp3) is 0.545. The second-order valence-electron chi connectivity index (χ2n) is 3.62. The molecule has 0 aliphatic rings. The van der Waals surface area contributed by atoms with Crippen LogP contribution in [-0.4, -0.2) is 24.1 Å². The first-order valence-corrected chi connectivity index (χ1v) is 5.36. The predicted octanol–water partition coefficient (Wildman–Crippen LogP) is 1.30. The minimum absolute atomic E-state index is 0.189. The zero-order valence-corrected chi connectivity index (χ0v) is 10.2. The highest BCUT2D eigenvalue weighted by Crippen LogP contribution is 2.01. The van der Waals surface area contributed by atoms with Crippen molar-refractivity contribution in [2.45, 2.75) is 27.2 Å². The second-order valence-corrected chi connectivity index (χ2v) is 3.62. The lowest BCUT2D eigenvalue weighted by Gasteiger charge is -2.05. The van der Waals surface area contributed by atoms with Crippen molar-refractivity contribution in [1.82, 2.24) is 0 Å². The summed E-state index contributed by atoms with van der Waals surface area (Å²) in [4.78, 5) is 8.03. The summed E-state index contributed by atoms with van der Waals surface area (Å²) in [6.07, 6.45) is 4.67. The summed E-state index contributed by atoms with van der Waals surface area (Å²) in [7, 11) is 0. The number of hydrogen-bond acceptors (Lipinski definition) is 2. The number of hydrogen-bond donors (Lipinski definition) is 3. The number of allylic oxidation sites excluding steroid dienone is 1. The van der Waals surface area contributed by atoms with Crippen molar-refractivity contribution in [3.63, 3.8) is 0 Å². The van der Waals surface area contributed by atoms with Crippen molar-refractivity contribution >= 4 is 17.5 Å². The Morgan fingerprint density at radius 1 is 1.44 bits per heavy atom. The van der Waals surface area contributed by atoms with E-state index in [4.69, 9.17) is 16.9 Å². The van der Waals surface area contributed by atoms with Crippen molar-refractivity contribution in [3.05, 3.63) is 12.2 Å². The Bertz CT molecular complexity index is 314. The van der Waals surface area contributed by atoms with Crippen LogP contribution in [0, 0.1) is 11.3 Å². The monoisotopic (exact) mass is 223 g/mol. The summed E-state index contributed by atoms with van der Waals surface area (Å²) < 4.78 is 0. The van der Waals surface area contributed by atoms with Crippen LogP contribution < -0.4 is 11.5 Å². The molecule has 5 heteroatoms. The second kappa shape index (κ2) is 7.62. The Balaban J connectivity index is 4.79. The van der Waals surface area contributed by atoms with Crippen molar-refractivity contribution in [1.29, 1.82) is 5.41 Å². The van der Waals surface area contributed by atoms with Crippen LogP contribution in [0.25, 0.3) is 0 Å². The van der Waals surface area contributed by atoms with Gasteiger partial charge in [-0.05, 0) is 18.9 Å².